The van der Waals surface area contributed by atoms with Gasteiger partial charge in [0.15, 0.2) is 0 Å². The van der Waals surface area contributed by atoms with Gasteiger partial charge in [-0.2, -0.15) is 0 Å². The number of benzene rings is 1. The molecule has 21 heavy (non-hydrogen) atoms. The third kappa shape index (κ3) is 4.18. The molecule has 0 saturated heterocycles. The monoisotopic (exact) mass is 332 g/mol. The first kappa shape index (κ1) is 17.9. The Labute approximate surface area is 131 Å². The molecule has 1 amide bonds. The summed E-state index contributed by atoms with van der Waals surface area (Å²) in [6.45, 7) is 4.57. The van der Waals surface area contributed by atoms with Crippen LogP contribution in [0.5, 0.6) is 0 Å². The Bertz CT molecular complexity index is 627. The van der Waals surface area contributed by atoms with Crippen LogP contribution in [0.15, 0.2) is 23.1 Å². The quantitative estimate of drug-likeness (QED) is 0.831. The van der Waals surface area contributed by atoms with E-state index in [0.29, 0.717) is 12.5 Å². The Morgan fingerprint density at radius 2 is 1.81 bits per heavy atom. The number of hydrogen-bond acceptors (Lipinski definition) is 3. The normalized spacial score (nSPS) is 12.0. The number of nitrogens with zero attached hydrogens (tertiary/aromatic N) is 2. The van der Waals surface area contributed by atoms with Gasteiger partial charge in [-0.1, -0.05) is 25.4 Å². The highest BCUT2D eigenvalue weighted by molar-refractivity contribution is 7.89. The van der Waals surface area contributed by atoms with Gasteiger partial charge in [-0.05, 0) is 24.1 Å². The highest BCUT2D eigenvalue weighted by Gasteiger charge is 2.22. The molecule has 0 N–H and O–H groups in total. The van der Waals surface area contributed by atoms with E-state index in [2.05, 4.69) is 0 Å². The molecular weight excluding hydrogens is 312 g/mol. The maximum atomic E-state index is 12.4. The summed E-state index contributed by atoms with van der Waals surface area (Å²) in [7, 11) is 0.960. The fourth-order valence-corrected chi connectivity index (χ4v) is 3.00. The van der Waals surface area contributed by atoms with Crippen molar-refractivity contribution >= 4 is 27.5 Å². The lowest BCUT2D eigenvalue weighted by Crippen LogP contribution is -2.31. The van der Waals surface area contributed by atoms with Crippen LogP contribution in [0.1, 0.15) is 24.2 Å². The molecule has 0 aliphatic heterocycles. The second-order valence-corrected chi connectivity index (χ2v) is 8.07. The van der Waals surface area contributed by atoms with Gasteiger partial charge in [0.2, 0.25) is 10.0 Å². The van der Waals surface area contributed by atoms with Crippen molar-refractivity contribution in [1.82, 2.24) is 9.21 Å². The summed E-state index contributed by atoms with van der Waals surface area (Å²) >= 11 is 6.05. The summed E-state index contributed by atoms with van der Waals surface area (Å²) in [5.74, 6) is 0.0240. The first-order valence-corrected chi connectivity index (χ1v) is 8.36. The van der Waals surface area contributed by atoms with Crippen molar-refractivity contribution < 1.29 is 13.2 Å². The molecule has 7 heteroatoms. The predicted molar refractivity (Wildman–Crippen MR) is 84.1 cm³/mol. The molecule has 0 spiro atoms. The van der Waals surface area contributed by atoms with Gasteiger partial charge in [0, 0.05) is 27.7 Å². The molecule has 0 radical (unpaired) electrons. The number of carbonyl (C=O) groups excluding carboxylic acids is 1. The minimum atomic E-state index is -3.59. The fraction of sp³-hybridized carbons (Fsp3) is 0.500. The standard InChI is InChI=1S/C14H21ClN2O3S/c1-10(2)9-17(5)14(18)12-8-11(6-7-13(12)15)21(19,20)16(3)4/h6-8,10H,9H2,1-5H3. The van der Waals surface area contributed by atoms with E-state index in [1.807, 2.05) is 13.8 Å². The number of rotatable bonds is 5. The Kier molecular flexibility index (Phi) is 5.78. The molecule has 0 unspecified atom stereocenters. The molecule has 0 atom stereocenters. The van der Waals surface area contributed by atoms with Gasteiger partial charge < -0.3 is 4.90 Å². The lowest BCUT2D eigenvalue weighted by atomic mass is 10.1. The average molecular weight is 333 g/mol. The number of carbonyl (C=O) groups is 1. The van der Waals surface area contributed by atoms with Crippen molar-refractivity contribution in [3.63, 3.8) is 0 Å². The zero-order chi connectivity index (χ0) is 16.4. The van der Waals surface area contributed by atoms with Crippen LogP contribution >= 0.6 is 11.6 Å². The van der Waals surface area contributed by atoms with Crippen molar-refractivity contribution in [2.75, 3.05) is 27.7 Å². The van der Waals surface area contributed by atoms with Gasteiger partial charge in [-0.15, -0.1) is 0 Å². The van der Waals surface area contributed by atoms with Gasteiger partial charge in [0.05, 0.1) is 15.5 Å². The lowest BCUT2D eigenvalue weighted by Gasteiger charge is -2.20. The van der Waals surface area contributed by atoms with E-state index in [0.717, 1.165) is 4.31 Å². The van der Waals surface area contributed by atoms with Gasteiger partial charge in [-0.3, -0.25) is 4.79 Å². The topological polar surface area (TPSA) is 57.7 Å². The first-order valence-electron chi connectivity index (χ1n) is 6.55. The Morgan fingerprint density at radius 3 is 2.29 bits per heavy atom. The van der Waals surface area contributed by atoms with E-state index in [-0.39, 0.29) is 21.4 Å². The SMILES string of the molecule is CC(C)CN(C)C(=O)c1cc(S(=O)(=O)N(C)C)ccc1Cl. The lowest BCUT2D eigenvalue weighted by molar-refractivity contribution is 0.0779. The molecule has 0 aliphatic rings. The Balaban J connectivity index is 3.23. The van der Waals surface area contributed by atoms with Crippen molar-refractivity contribution in [2.24, 2.45) is 5.92 Å². The summed E-state index contributed by atoms with van der Waals surface area (Å²) < 4.78 is 25.3. The van der Waals surface area contributed by atoms with E-state index in [1.165, 1.54) is 37.2 Å². The van der Waals surface area contributed by atoms with Gasteiger partial charge in [-0.25, -0.2) is 12.7 Å². The molecule has 0 saturated carbocycles. The molecule has 0 bridgehead atoms. The summed E-state index contributed by atoms with van der Waals surface area (Å²) in [5, 5.41) is 0.244. The zero-order valence-electron chi connectivity index (χ0n) is 12.9. The molecule has 5 nitrogen and oxygen atoms in total. The molecule has 0 fully saturated rings. The van der Waals surface area contributed by atoms with E-state index in [1.54, 1.807) is 7.05 Å². The highest BCUT2D eigenvalue weighted by Crippen LogP contribution is 2.23. The summed E-state index contributed by atoms with van der Waals surface area (Å²) in [5.41, 5.74) is 0.197. The average Bonchev–Trinajstić information content (AvgIpc) is 2.37. The number of hydrogen-bond donors (Lipinski definition) is 0. The number of sulfonamides is 1. The van der Waals surface area contributed by atoms with Crippen molar-refractivity contribution in [1.29, 1.82) is 0 Å². The van der Waals surface area contributed by atoms with E-state index < -0.39 is 10.0 Å². The molecule has 1 aromatic carbocycles. The first-order chi connectivity index (χ1) is 9.57. The van der Waals surface area contributed by atoms with Crippen LogP contribution in [0.2, 0.25) is 5.02 Å². The molecule has 0 aromatic heterocycles. The second-order valence-electron chi connectivity index (χ2n) is 5.51. The summed E-state index contributed by atoms with van der Waals surface area (Å²) in [6.07, 6.45) is 0. The van der Waals surface area contributed by atoms with Gasteiger partial charge in [0.1, 0.15) is 0 Å². The zero-order valence-corrected chi connectivity index (χ0v) is 14.5. The smallest absolute Gasteiger partial charge is 0.255 e. The van der Waals surface area contributed by atoms with Crippen LogP contribution in [0, 0.1) is 5.92 Å². The maximum Gasteiger partial charge on any atom is 0.255 e. The molecule has 0 heterocycles. The highest BCUT2D eigenvalue weighted by atomic mass is 35.5. The number of amides is 1. The van der Waals surface area contributed by atoms with Crippen molar-refractivity contribution in [3.8, 4) is 0 Å². The minimum Gasteiger partial charge on any atom is -0.341 e. The molecule has 0 aliphatic carbocycles. The van der Waals surface area contributed by atoms with Crippen LogP contribution < -0.4 is 0 Å². The molecule has 1 rings (SSSR count). The molecule has 1 aromatic rings. The number of halogens is 1. The Morgan fingerprint density at radius 1 is 1.24 bits per heavy atom. The van der Waals surface area contributed by atoms with Gasteiger partial charge >= 0.3 is 0 Å². The van der Waals surface area contributed by atoms with E-state index >= 15 is 0 Å². The van der Waals surface area contributed by atoms with Gasteiger partial charge in [0.25, 0.3) is 5.91 Å². The Hall–Kier alpha value is -1.11. The molecule has 118 valence electrons. The second kappa shape index (κ2) is 6.77. The van der Waals surface area contributed by atoms with Crippen molar-refractivity contribution in [2.45, 2.75) is 18.7 Å². The summed E-state index contributed by atoms with van der Waals surface area (Å²) in [6, 6.07) is 4.17. The minimum absolute atomic E-state index is 0.0539. The largest absolute Gasteiger partial charge is 0.341 e. The predicted octanol–water partition coefficient (Wildman–Crippen LogP) is 2.32. The fourth-order valence-electron chi connectivity index (χ4n) is 1.88. The molecular formula is C14H21ClN2O3S. The van der Waals surface area contributed by atoms with E-state index in [9.17, 15) is 13.2 Å². The third-order valence-electron chi connectivity index (χ3n) is 2.93. The van der Waals surface area contributed by atoms with Crippen LogP contribution in [0.3, 0.4) is 0 Å². The van der Waals surface area contributed by atoms with Crippen LogP contribution in [-0.2, 0) is 10.0 Å². The van der Waals surface area contributed by atoms with Crippen LogP contribution in [0.4, 0.5) is 0 Å². The van der Waals surface area contributed by atoms with E-state index in [4.69, 9.17) is 11.6 Å². The van der Waals surface area contributed by atoms with Crippen molar-refractivity contribution in [3.05, 3.63) is 28.8 Å². The maximum absolute atomic E-state index is 12.4. The third-order valence-corrected chi connectivity index (χ3v) is 5.07. The summed E-state index contributed by atoms with van der Waals surface area (Å²) in [4.78, 5) is 14.0. The van der Waals surface area contributed by atoms with Crippen LogP contribution in [-0.4, -0.2) is 51.2 Å². The van der Waals surface area contributed by atoms with Crippen LogP contribution in [0.25, 0.3) is 0 Å².